The standard InChI is InChI=1S/C15H18N2O2/c16-14-7-2-1-6-13(14)15(18)11-19-10-8-12-5-3-4-9-17-12/h1-7,9,15,18H,8,10-11,16H2. The highest BCUT2D eigenvalue weighted by Crippen LogP contribution is 2.19. The van der Waals surface area contributed by atoms with Crippen LogP contribution in [0.2, 0.25) is 0 Å². The molecule has 0 aliphatic rings. The van der Waals surface area contributed by atoms with E-state index < -0.39 is 6.10 Å². The number of benzene rings is 1. The fourth-order valence-electron chi connectivity index (χ4n) is 1.82. The van der Waals surface area contributed by atoms with Crippen LogP contribution in [0.25, 0.3) is 0 Å². The number of nitrogens with two attached hydrogens (primary N) is 1. The molecule has 0 fully saturated rings. The van der Waals surface area contributed by atoms with Gasteiger partial charge in [0.05, 0.1) is 13.2 Å². The Hall–Kier alpha value is -1.91. The van der Waals surface area contributed by atoms with E-state index in [2.05, 4.69) is 4.98 Å². The average Bonchev–Trinajstić information content (AvgIpc) is 2.45. The highest BCUT2D eigenvalue weighted by atomic mass is 16.5. The van der Waals surface area contributed by atoms with Gasteiger partial charge in [0.2, 0.25) is 0 Å². The Bertz CT molecular complexity index is 503. The third-order valence-corrected chi connectivity index (χ3v) is 2.86. The van der Waals surface area contributed by atoms with Crippen molar-refractivity contribution in [2.45, 2.75) is 12.5 Å². The first kappa shape index (κ1) is 13.5. The minimum absolute atomic E-state index is 0.237. The van der Waals surface area contributed by atoms with Crippen molar-refractivity contribution in [2.24, 2.45) is 0 Å². The topological polar surface area (TPSA) is 68.4 Å². The third kappa shape index (κ3) is 4.05. The molecule has 1 aromatic carbocycles. The van der Waals surface area contributed by atoms with Crippen LogP contribution < -0.4 is 5.73 Å². The van der Waals surface area contributed by atoms with E-state index in [0.29, 0.717) is 17.9 Å². The van der Waals surface area contributed by atoms with Crippen molar-refractivity contribution >= 4 is 5.69 Å². The molecule has 0 saturated carbocycles. The number of para-hydroxylation sites is 1. The van der Waals surface area contributed by atoms with Crippen LogP contribution in [0.1, 0.15) is 17.4 Å². The Labute approximate surface area is 112 Å². The van der Waals surface area contributed by atoms with E-state index in [-0.39, 0.29) is 6.61 Å². The highest BCUT2D eigenvalue weighted by Gasteiger charge is 2.10. The largest absolute Gasteiger partial charge is 0.398 e. The van der Waals surface area contributed by atoms with Crippen LogP contribution in [-0.4, -0.2) is 23.3 Å². The minimum atomic E-state index is -0.690. The number of anilines is 1. The second kappa shape index (κ2) is 6.87. The summed E-state index contributed by atoms with van der Waals surface area (Å²) in [7, 11) is 0. The average molecular weight is 258 g/mol. The van der Waals surface area contributed by atoms with E-state index in [4.69, 9.17) is 10.5 Å². The van der Waals surface area contributed by atoms with Gasteiger partial charge in [-0.25, -0.2) is 0 Å². The summed E-state index contributed by atoms with van der Waals surface area (Å²) in [5.41, 5.74) is 8.07. The Morgan fingerprint density at radius 1 is 1.16 bits per heavy atom. The minimum Gasteiger partial charge on any atom is -0.398 e. The fourth-order valence-corrected chi connectivity index (χ4v) is 1.82. The molecule has 0 radical (unpaired) electrons. The number of nitrogens with zero attached hydrogens (tertiary/aromatic N) is 1. The highest BCUT2D eigenvalue weighted by molar-refractivity contribution is 5.47. The van der Waals surface area contributed by atoms with E-state index in [1.165, 1.54) is 0 Å². The normalized spacial score (nSPS) is 12.3. The number of aromatic nitrogens is 1. The summed E-state index contributed by atoms with van der Waals surface area (Å²) in [6.07, 6.45) is 1.80. The molecule has 0 saturated heterocycles. The van der Waals surface area contributed by atoms with Crippen molar-refractivity contribution < 1.29 is 9.84 Å². The van der Waals surface area contributed by atoms with Gasteiger partial charge in [0.25, 0.3) is 0 Å². The number of hydrogen-bond acceptors (Lipinski definition) is 4. The van der Waals surface area contributed by atoms with Crippen LogP contribution in [-0.2, 0) is 11.2 Å². The molecule has 0 amide bonds. The van der Waals surface area contributed by atoms with Crippen LogP contribution in [0, 0.1) is 0 Å². The van der Waals surface area contributed by atoms with Crippen LogP contribution in [0.3, 0.4) is 0 Å². The summed E-state index contributed by atoms with van der Waals surface area (Å²) in [5.74, 6) is 0. The van der Waals surface area contributed by atoms with E-state index in [9.17, 15) is 5.11 Å². The lowest BCUT2D eigenvalue weighted by Crippen LogP contribution is -2.11. The first-order chi connectivity index (χ1) is 9.27. The Morgan fingerprint density at radius 3 is 2.68 bits per heavy atom. The molecule has 100 valence electrons. The van der Waals surface area contributed by atoms with Crippen molar-refractivity contribution in [3.8, 4) is 0 Å². The lowest BCUT2D eigenvalue weighted by atomic mass is 10.1. The van der Waals surface area contributed by atoms with Crippen molar-refractivity contribution in [1.29, 1.82) is 0 Å². The van der Waals surface area contributed by atoms with E-state index in [0.717, 1.165) is 12.1 Å². The summed E-state index contributed by atoms with van der Waals surface area (Å²) < 4.78 is 5.46. The quantitative estimate of drug-likeness (QED) is 0.614. The third-order valence-electron chi connectivity index (χ3n) is 2.86. The van der Waals surface area contributed by atoms with Crippen LogP contribution in [0.4, 0.5) is 5.69 Å². The van der Waals surface area contributed by atoms with E-state index in [1.54, 1.807) is 12.3 Å². The van der Waals surface area contributed by atoms with Gasteiger partial charge in [-0.2, -0.15) is 0 Å². The first-order valence-corrected chi connectivity index (χ1v) is 6.27. The molecule has 3 N–H and O–H groups in total. The van der Waals surface area contributed by atoms with Crippen molar-refractivity contribution in [2.75, 3.05) is 18.9 Å². The Balaban J connectivity index is 1.76. The summed E-state index contributed by atoms with van der Waals surface area (Å²) in [5, 5.41) is 9.98. The summed E-state index contributed by atoms with van der Waals surface area (Å²) in [6.45, 7) is 0.766. The Kier molecular flexibility index (Phi) is 4.89. The monoisotopic (exact) mass is 258 g/mol. The lowest BCUT2D eigenvalue weighted by Gasteiger charge is -2.13. The molecular weight excluding hydrogens is 240 g/mol. The molecule has 1 unspecified atom stereocenters. The molecule has 4 heteroatoms. The predicted molar refractivity (Wildman–Crippen MR) is 74.6 cm³/mol. The predicted octanol–water partition coefficient (Wildman–Crippen LogP) is 1.96. The molecule has 0 aliphatic heterocycles. The Morgan fingerprint density at radius 2 is 1.95 bits per heavy atom. The second-order valence-electron chi connectivity index (χ2n) is 4.29. The molecule has 2 rings (SSSR count). The van der Waals surface area contributed by atoms with Crippen LogP contribution in [0.15, 0.2) is 48.7 Å². The van der Waals surface area contributed by atoms with Crippen molar-refractivity contribution in [3.05, 3.63) is 59.9 Å². The molecule has 1 heterocycles. The first-order valence-electron chi connectivity index (χ1n) is 6.27. The molecule has 1 aromatic heterocycles. The summed E-state index contributed by atoms with van der Waals surface area (Å²) in [4.78, 5) is 4.21. The van der Waals surface area contributed by atoms with E-state index in [1.807, 2.05) is 36.4 Å². The maximum atomic E-state index is 9.98. The van der Waals surface area contributed by atoms with Gasteiger partial charge >= 0.3 is 0 Å². The lowest BCUT2D eigenvalue weighted by molar-refractivity contribution is 0.0375. The van der Waals surface area contributed by atoms with Crippen molar-refractivity contribution in [1.82, 2.24) is 4.98 Å². The number of aliphatic hydroxyl groups is 1. The zero-order valence-corrected chi connectivity index (χ0v) is 10.7. The molecule has 19 heavy (non-hydrogen) atoms. The molecule has 2 aromatic rings. The van der Waals surface area contributed by atoms with Crippen LogP contribution >= 0.6 is 0 Å². The summed E-state index contributed by atoms with van der Waals surface area (Å²) >= 11 is 0. The molecule has 1 atom stereocenters. The molecular formula is C15H18N2O2. The maximum absolute atomic E-state index is 9.98. The zero-order valence-electron chi connectivity index (χ0n) is 10.7. The zero-order chi connectivity index (χ0) is 13.5. The SMILES string of the molecule is Nc1ccccc1C(O)COCCc1ccccn1. The number of aliphatic hydroxyl groups excluding tert-OH is 1. The number of rotatable bonds is 6. The van der Waals surface area contributed by atoms with Crippen LogP contribution in [0.5, 0.6) is 0 Å². The number of ether oxygens (including phenoxy) is 1. The van der Waals surface area contributed by atoms with Gasteiger partial charge in [-0.15, -0.1) is 0 Å². The molecule has 0 aliphatic carbocycles. The number of hydrogen-bond donors (Lipinski definition) is 2. The van der Waals surface area contributed by atoms with Gasteiger partial charge in [0.1, 0.15) is 6.10 Å². The van der Waals surface area contributed by atoms with Crippen molar-refractivity contribution in [3.63, 3.8) is 0 Å². The number of pyridine rings is 1. The summed E-state index contributed by atoms with van der Waals surface area (Å²) in [6, 6.07) is 13.0. The van der Waals surface area contributed by atoms with Gasteiger partial charge in [0, 0.05) is 29.6 Å². The van der Waals surface area contributed by atoms with Gasteiger partial charge in [-0.1, -0.05) is 24.3 Å². The molecule has 0 spiro atoms. The van der Waals surface area contributed by atoms with E-state index >= 15 is 0 Å². The second-order valence-corrected chi connectivity index (χ2v) is 4.29. The van der Waals surface area contributed by atoms with Gasteiger partial charge in [-0.3, -0.25) is 4.98 Å². The van der Waals surface area contributed by atoms with Gasteiger partial charge in [-0.05, 0) is 18.2 Å². The number of nitrogen functional groups attached to an aromatic ring is 1. The molecule has 0 bridgehead atoms. The van der Waals surface area contributed by atoms with Gasteiger partial charge in [0.15, 0.2) is 0 Å². The fraction of sp³-hybridized carbons (Fsp3) is 0.267. The molecule has 4 nitrogen and oxygen atoms in total. The maximum Gasteiger partial charge on any atom is 0.104 e. The van der Waals surface area contributed by atoms with Gasteiger partial charge < -0.3 is 15.6 Å². The smallest absolute Gasteiger partial charge is 0.104 e.